The van der Waals surface area contributed by atoms with Crippen LogP contribution in [-0.4, -0.2) is 179 Å². The lowest BCUT2D eigenvalue weighted by Gasteiger charge is -2.20. The molecule has 0 saturated carbocycles. The van der Waals surface area contributed by atoms with Crippen LogP contribution in [0.15, 0.2) is 78.6 Å². The zero-order chi connectivity index (χ0) is 67.5. The topological polar surface area (TPSA) is 372 Å². The van der Waals surface area contributed by atoms with Crippen LogP contribution in [-0.2, 0) is 56.7 Å². The Labute approximate surface area is 539 Å². The van der Waals surface area contributed by atoms with Crippen LogP contribution in [0.2, 0.25) is 0 Å². The highest BCUT2D eigenvalue weighted by Gasteiger charge is 2.33. The van der Waals surface area contributed by atoms with Crippen molar-refractivity contribution in [2.24, 2.45) is 47.3 Å². The van der Waals surface area contributed by atoms with E-state index in [-0.39, 0.29) is 109 Å². The average molecular weight is 1290 g/mol. The maximum Gasteiger partial charge on any atom is 0.291 e. The van der Waals surface area contributed by atoms with Gasteiger partial charge in [-0.2, -0.15) is 0 Å². The van der Waals surface area contributed by atoms with Gasteiger partial charge in [0.2, 0.25) is 29.4 Å². The lowest BCUT2D eigenvalue weighted by molar-refractivity contribution is -0.117. The molecule has 32 nitrogen and oxygen atoms in total. The normalized spacial score (nSPS) is 13.1. The summed E-state index contributed by atoms with van der Waals surface area (Å²) in [5.74, 6) is -3.56. The van der Waals surface area contributed by atoms with Crippen LogP contribution < -0.4 is 57.3 Å². The second-order valence-electron chi connectivity index (χ2n) is 22.9. The van der Waals surface area contributed by atoms with Gasteiger partial charge >= 0.3 is 0 Å². The number of aromatic nitrogens is 8. The van der Waals surface area contributed by atoms with E-state index in [4.69, 9.17) is 9.47 Å². The van der Waals surface area contributed by atoms with Gasteiger partial charge < -0.3 is 94.5 Å². The Hall–Kier alpha value is -11.3. The molecule has 1 atom stereocenters. The number of nitrogens with zero attached hydrogens (tertiary/aromatic N) is 11. The molecule has 0 spiro atoms. The number of anilines is 6. The third-order valence-electron chi connectivity index (χ3n) is 15.3. The highest BCUT2D eigenvalue weighted by atomic mass is 16.5. The zero-order valence-corrected chi connectivity index (χ0v) is 53.6. The van der Waals surface area contributed by atoms with Crippen LogP contribution in [0.25, 0.3) is 0 Å². The van der Waals surface area contributed by atoms with Gasteiger partial charge in [-0.3, -0.25) is 52.9 Å². The number of aryl methyl sites for hydroxylation is 6. The molecule has 32 heteroatoms. The number of aliphatic imine (C=N–C) groups is 1. The second-order valence-corrected chi connectivity index (χ2v) is 22.9. The van der Waals surface area contributed by atoms with Gasteiger partial charge in [-0.1, -0.05) is 0 Å². The second kappa shape index (κ2) is 29.8. The number of nitrogens with one attached hydrogen (secondary N) is 9. The fraction of sp³-hybridized carbons (Fsp3) is 0.371. The lowest BCUT2D eigenvalue weighted by Crippen LogP contribution is -2.35. The van der Waals surface area contributed by atoms with E-state index in [1.165, 1.54) is 68.4 Å². The number of fused-ring (bicyclic) bond motifs is 2. The van der Waals surface area contributed by atoms with Crippen molar-refractivity contribution >= 4 is 105 Å². The summed E-state index contributed by atoms with van der Waals surface area (Å²) >= 11 is 0. The summed E-state index contributed by atoms with van der Waals surface area (Å²) in [4.78, 5) is 148. The molecule has 0 unspecified atom stereocenters. The van der Waals surface area contributed by atoms with Gasteiger partial charge in [0.15, 0.2) is 23.1 Å². The molecule has 0 bridgehead atoms. The monoisotopic (exact) mass is 1290 g/mol. The third kappa shape index (κ3) is 16.6. The number of amides is 10. The van der Waals surface area contributed by atoms with Gasteiger partial charge in [0.25, 0.3) is 41.4 Å². The molecule has 0 aliphatic carbocycles. The van der Waals surface area contributed by atoms with Crippen LogP contribution in [0.4, 0.5) is 40.1 Å². The highest BCUT2D eigenvalue weighted by Crippen LogP contribution is 2.38. The maximum atomic E-state index is 13.4. The third-order valence-corrected chi connectivity index (χ3v) is 15.3. The molecule has 2 aliphatic rings. The largest absolute Gasteiger partial charge is 0.493 e. The van der Waals surface area contributed by atoms with Crippen LogP contribution >= 0.6 is 0 Å². The van der Waals surface area contributed by atoms with Gasteiger partial charge in [0.05, 0.1) is 53.8 Å². The summed E-state index contributed by atoms with van der Waals surface area (Å²) in [6.45, 7) is 2.03. The molecule has 9 N–H and O–H groups in total. The maximum absolute atomic E-state index is 13.4. The van der Waals surface area contributed by atoms with Gasteiger partial charge in [-0.05, 0) is 76.7 Å². The first-order valence-corrected chi connectivity index (χ1v) is 30.2. The predicted molar refractivity (Wildman–Crippen MR) is 347 cm³/mol. The highest BCUT2D eigenvalue weighted by molar-refractivity contribution is 6.08. The molecule has 1 aromatic carbocycles. The number of carbonyl (C=O) groups excluding carboxylic acids is 10. The van der Waals surface area contributed by atoms with E-state index < -0.39 is 41.4 Å². The summed E-state index contributed by atoms with van der Waals surface area (Å²) < 4.78 is 20.5. The molecule has 10 amide bonds. The van der Waals surface area contributed by atoms with Crippen molar-refractivity contribution in [3.05, 3.63) is 114 Å². The molecule has 1 fully saturated rings. The zero-order valence-electron chi connectivity index (χ0n) is 53.6. The van der Waals surface area contributed by atoms with Gasteiger partial charge in [-0.25, -0.2) is 9.97 Å². The van der Waals surface area contributed by atoms with E-state index in [2.05, 4.69) is 62.8 Å². The Morgan fingerprint density at radius 1 is 0.521 bits per heavy atom. The van der Waals surface area contributed by atoms with Crippen LogP contribution in [0.3, 0.4) is 0 Å². The molecule has 6 aromatic heterocycles. The predicted octanol–water partition coefficient (Wildman–Crippen LogP) is 3.59. The molecule has 9 rings (SSSR count). The Morgan fingerprint density at radius 2 is 1.00 bits per heavy atom. The minimum Gasteiger partial charge on any atom is -0.493 e. The molecule has 7 aromatic rings. The number of rotatable bonds is 28. The molecular formula is C62H76N20O12. The number of imidazole rings is 2. The summed E-state index contributed by atoms with van der Waals surface area (Å²) in [5.41, 5.74) is 3.20. The SMILES string of the molecule is COc1cc2c(cc1OCCCC(=O)Nc1cn(C)c(C(=O)Nc3cc(C(=O)NCCC(=O)Nc4cc(C(=O)Nc5cn(C)c(C(=O)NCCC(=O)Nc6cc(C(=O)Nc7cc(C(=O)NCCCN(C)C)n(C)c7)n(C)c6)n5)n(C)c4)n(C)c3)n1)N=C[C@@H]1CCCN1C2=O. The molecule has 0 radical (unpaired) electrons. The lowest BCUT2D eigenvalue weighted by atomic mass is 10.1. The smallest absolute Gasteiger partial charge is 0.291 e. The Bertz CT molecular complexity index is 4100. The van der Waals surface area contributed by atoms with Crippen LogP contribution in [0.5, 0.6) is 11.5 Å². The van der Waals surface area contributed by atoms with Crippen molar-refractivity contribution < 1.29 is 57.4 Å². The van der Waals surface area contributed by atoms with E-state index in [9.17, 15) is 47.9 Å². The fourth-order valence-electron chi connectivity index (χ4n) is 10.6. The molecular weight excluding hydrogens is 1220 g/mol. The van der Waals surface area contributed by atoms with Gasteiger partial charge in [-0.15, -0.1) is 0 Å². The van der Waals surface area contributed by atoms with Gasteiger partial charge in [0.1, 0.15) is 22.8 Å². The Balaban J connectivity index is 0.662. The summed E-state index contributed by atoms with van der Waals surface area (Å²) in [6.07, 6.45) is 13.7. The molecule has 496 valence electrons. The molecule has 1 saturated heterocycles. The van der Waals surface area contributed by atoms with Crippen molar-refractivity contribution in [1.29, 1.82) is 0 Å². The van der Waals surface area contributed by atoms with E-state index in [1.54, 1.807) is 88.2 Å². The number of benzene rings is 1. The van der Waals surface area contributed by atoms with Crippen molar-refractivity contribution in [3.63, 3.8) is 0 Å². The van der Waals surface area contributed by atoms with Crippen LogP contribution in [0, 0.1) is 0 Å². The van der Waals surface area contributed by atoms with Crippen LogP contribution in [0.1, 0.15) is 118 Å². The van der Waals surface area contributed by atoms with Crippen molar-refractivity contribution in [2.75, 3.05) is 92.4 Å². The van der Waals surface area contributed by atoms with E-state index in [0.717, 1.165) is 25.8 Å². The minimum absolute atomic E-state index is 0.0201. The standard InChI is InChI=1S/C62H76N20O12/c1-75(2)20-12-17-63-56(86)43-25-38(32-76(43)3)69-58(88)45-23-36(30-78(45)5)67-53(85)16-19-65-60(90)54-73-50(35-80(54)7)74-59(89)46-24-37(31-79(46)6)68-52(84)15-18-64-57(87)44-26-39(33-77(44)4)70-61(91)55-72-49(34-81(55)8)71-51(83)14-11-22-94-48-28-42-41(27-47(48)93-9)62(92)82-21-10-13-40(82)29-66-42/h23-35,40H,10-22H2,1-9H3,(H,63,86)(H,64,87)(H,65,90)(H,67,85)(H,68,84)(H,69,88)(H,70,91)(H,71,83)(H,74,89)/t40-/m0/s1. The molecule has 2 aliphatic heterocycles. The first-order chi connectivity index (χ1) is 44.9. The number of methoxy groups -OCH3 is 1. The summed E-state index contributed by atoms with van der Waals surface area (Å²) in [6, 6.07) is 9.24. The number of hydrogen-bond donors (Lipinski definition) is 9. The van der Waals surface area contributed by atoms with Crippen molar-refractivity contribution in [1.82, 2.24) is 63.1 Å². The average Bonchev–Trinajstić information content (AvgIpc) is 1.56. The first kappa shape index (κ1) is 67.1. The summed E-state index contributed by atoms with van der Waals surface area (Å²) in [5, 5.41) is 24.5. The first-order valence-electron chi connectivity index (χ1n) is 30.2. The van der Waals surface area contributed by atoms with Crippen molar-refractivity contribution in [2.45, 2.75) is 51.0 Å². The number of ether oxygens (including phenoxy) is 2. The fourth-order valence-corrected chi connectivity index (χ4v) is 10.6. The van der Waals surface area contributed by atoms with E-state index >= 15 is 0 Å². The Morgan fingerprint density at radius 3 is 1.55 bits per heavy atom. The van der Waals surface area contributed by atoms with E-state index in [0.29, 0.717) is 65.0 Å². The molecule has 8 heterocycles. The van der Waals surface area contributed by atoms with Crippen molar-refractivity contribution in [3.8, 4) is 11.5 Å². The quantitative estimate of drug-likeness (QED) is 0.0317. The Kier molecular flexibility index (Phi) is 21.2. The minimum atomic E-state index is -0.617. The van der Waals surface area contributed by atoms with Gasteiger partial charge in [0, 0.05) is 137 Å². The molecule has 94 heavy (non-hydrogen) atoms. The number of carbonyl (C=O) groups is 10. The van der Waals surface area contributed by atoms with E-state index in [1.807, 2.05) is 23.9 Å². The summed E-state index contributed by atoms with van der Waals surface area (Å²) in [7, 11) is 15.1. The number of hydrogen-bond acceptors (Lipinski definition) is 16.